The van der Waals surface area contributed by atoms with Gasteiger partial charge in [0.2, 0.25) is 0 Å². The quantitative estimate of drug-likeness (QED) is 0.622. The molecular weight excluding hydrogens is 302 g/mol. The van der Waals surface area contributed by atoms with E-state index in [1.165, 1.54) is 12.1 Å². The molecule has 0 atom stereocenters. The number of rotatable bonds is 3. The maximum absolute atomic E-state index is 10.8. The fourth-order valence-corrected chi connectivity index (χ4v) is 2.37. The highest BCUT2D eigenvalue weighted by Gasteiger charge is 2.10. The summed E-state index contributed by atoms with van der Waals surface area (Å²) in [4.78, 5) is 12.3. The fourth-order valence-electron chi connectivity index (χ4n) is 2.37. The third kappa shape index (κ3) is 3.23. The number of para-hydroxylation sites is 1. The van der Waals surface area contributed by atoms with E-state index in [0.29, 0.717) is 5.56 Å². The summed E-state index contributed by atoms with van der Waals surface area (Å²) in [5, 5.41) is 20.0. The van der Waals surface area contributed by atoms with Crippen LogP contribution in [0.3, 0.4) is 0 Å². The lowest BCUT2D eigenvalue weighted by Gasteiger charge is -2.18. The lowest BCUT2D eigenvalue weighted by atomic mass is 10.0. The first-order valence-electron chi connectivity index (χ1n) is 7.27. The molecule has 1 aliphatic heterocycles. The number of allylic oxidation sites excluding steroid dienone is 3. The summed E-state index contributed by atoms with van der Waals surface area (Å²) in [6.07, 6.45) is 9.54. The van der Waals surface area contributed by atoms with Crippen molar-refractivity contribution in [2.45, 2.75) is 0 Å². The molecule has 3 rings (SSSR count). The predicted molar refractivity (Wildman–Crippen MR) is 93.0 cm³/mol. The number of nitrogens with zero attached hydrogens (tertiary/aromatic N) is 3. The highest BCUT2D eigenvalue weighted by Crippen LogP contribution is 2.23. The molecule has 24 heavy (non-hydrogen) atoms. The standard InChI is InChI=1S/C19H13N3O2/c20-14-17-13-19(22(23)24)7-6-16(17)12-15-8-10-21(11-9-15)18-4-2-1-3-5-18/h1-13H. The van der Waals surface area contributed by atoms with Crippen LogP contribution >= 0.6 is 0 Å². The van der Waals surface area contributed by atoms with Crippen molar-refractivity contribution in [3.63, 3.8) is 0 Å². The zero-order chi connectivity index (χ0) is 16.9. The molecule has 0 saturated carbocycles. The molecule has 0 saturated heterocycles. The molecule has 116 valence electrons. The van der Waals surface area contributed by atoms with Crippen molar-refractivity contribution in [3.8, 4) is 6.07 Å². The molecular formula is C19H13N3O2. The van der Waals surface area contributed by atoms with Crippen LogP contribution < -0.4 is 4.90 Å². The van der Waals surface area contributed by atoms with Gasteiger partial charge in [-0.1, -0.05) is 18.2 Å². The molecule has 0 aliphatic carbocycles. The zero-order valence-electron chi connectivity index (χ0n) is 12.7. The van der Waals surface area contributed by atoms with Crippen molar-refractivity contribution in [1.29, 1.82) is 5.26 Å². The van der Waals surface area contributed by atoms with Gasteiger partial charge in [0.1, 0.15) is 6.07 Å². The number of non-ortho nitro benzene ring substituents is 1. The summed E-state index contributed by atoms with van der Waals surface area (Å²) in [7, 11) is 0. The van der Waals surface area contributed by atoms with Crippen molar-refractivity contribution >= 4 is 17.5 Å². The maximum atomic E-state index is 10.8. The van der Waals surface area contributed by atoms with Crippen LogP contribution in [0.2, 0.25) is 0 Å². The van der Waals surface area contributed by atoms with Crippen molar-refractivity contribution in [3.05, 3.63) is 99.9 Å². The van der Waals surface area contributed by atoms with Crippen molar-refractivity contribution in [2.75, 3.05) is 4.90 Å². The summed E-state index contributed by atoms with van der Waals surface area (Å²) in [5.41, 5.74) is 2.81. The van der Waals surface area contributed by atoms with E-state index >= 15 is 0 Å². The number of hydrogen-bond donors (Lipinski definition) is 0. The third-order valence-electron chi connectivity index (χ3n) is 3.60. The molecule has 0 spiro atoms. The molecule has 0 radical (unpaired) electrons. The summed E-state index contributed by atoms with van der Waals surface area (Å²) in [5.74, 6) is 0. The predicted octanol–water partition coefficient (Wildman–Crippen LogP) is 4.40. The van der Waals surface area contributed by atoms with Crippen LogP contribution in [0.5, 0.6) is 0 Å². The van der Waals surface area contributed by atoms with Crippen LogP contribution in [0.1, 0.15) is 11.1 Å². The van der Waals surface area contributed by atoms with E-state index in [0.717, 1.165) is 11.3 Å². The van der Waals surface area contributed by atoms with E-state index in [9.17, 15) is 15.4 Å². The normalized spacial score (nSPS) is 12.8. The van der Waals surface area contributed by atoms with E-state index in [2.05, 4.69) is 0 Å². The summed E-state index contributed by atoms with van der Waals surface area (Å²) < 4.78 is 0. The van der Waals surface area contributed by atoms with Gasteiger partial charge in [0.25, 0.3) is 5.69 Å². The number of hydrogen-bond acceptors (Lipinski definition) is 4. The Balaban J connectivity index is 1.85. The molecule has 5 heteroatoms. The Morgan fingerprint density at radius 1 is 1.08 bits per heavy atom. The molecule has 2 aromatic carbocycles. The monoisotopic (exact) mass is 315 g/mol. The second-order valence-corrected chi connectivity index (χ2v) is 5.16. The van der Waals surface area contributed by atoms with E-state index in [1.807, 2.05) is 71.9 Å². The first kappa shape index (κ1) is 15.3. The van der Waals surface area contributed by atoms with Gasteiger partial charge in [-0.25, -0.2) is 0 Å². The second-order valence-electron chi connectivity index (χ2n) is 5.16. The lowest BCUT2D eigenvalue weighted by molar-refractivity contribution is -0.384. The van der Waals surface area contributed by atoms with E-state index < -0.39 is 4.92 Å². The molecule has 0 amide bonds. The Bertz CT molecular complexity index is 890. The van der Waals surface area contributed by atoms with Crippen LogP contribution in [0.4, 0.5) is 11.4 Å². The topological polar surface area (TPSA) is 70.2 Å². The van der Waals surface area contributed by atoms with E-state index in [1.54, 1.807) is 6.07 Å². The SMILES string of the molecule is N#Cc1cc([N+](=O)[O-])ccc1C=C1C=CN(c2ccccc2)C=C1. The molecule has 0 unspecified atom stereocenters. The molecule has 0 fully saturated rings. The maximum Gasteiger partial charge on any atom is 0.270 e. The molecule has 0 N–H and O–H groups in total. The first-order chi connectivity index (χ1) is 11.7. The average molecular weight is 315 g/mol. The van der Waals surface area contributed by atoms with Gasteiger partial charge in [-0.2, -0.15) is 5.26 Å². The van der Waals surface area contributed by atoms with Gasteiger partial charge in [0.05, 0.1) is 10.5 Å². The highest BCUT2D eigenvalue weighted by atomic mass is 16.6. The van der Waals surface area contributed by atoms with E-state index in [-0.39, 0.29) is 11.3 Å². The second kappa shape index (κ2) is 6.63. The van der Waals surface area contributed by atoms with Gasteiger partial charge in [-0.3, -0.25) is 10.1 Å². The zero-order valence-corrected chi connectivity index (χ0v) is 12.7. The van der Waals surface area contributed by atoms with Gasteiger partial charge < -0.3 is 4.90 Å². The Morgan fingerprint density at radius 3 is 2.42 bits per heavy atom. The summed E-state index contributed by atoms with van der Waals surface area (Å²) in [6.45, 7) is 0. The van der Waals surface area contributed by atoms with Crippen LogP contribution in [0.15, 0.2) is 78.7 Å². The number of benzene rings is 2. The molecule has 2 aromatic rings. The molecule has 0 bridgehead atoms. The Kier molecular flexibility index (Phi) is 4.21. The van der Waals surface area contributed by atoms with Crippen molar-refractivity contribution in [2.24, 2.45) is 0 Å². The molecule has 1 aliphatic rings. The Morgan fingerprint density at radius 2 is 1.79 bits per heavy atom. The lowest BCUT2D eigenvalue weighted by Crippen LogP contribution is -2.09. The smallest absolute Gasteiger partial charge is 0.270 e. The van der Waals surface area contributed by atoms with Gasteiger partial charge >= 0.3 is 0 Å². The van der Waals surface area contributed by atoms with Crippen LogP contribution in [-0.2, 0) is 0 Å². The summed E-state index contributed by atoms with van der Waals surface area (Å²) >= 11 is 0. The third-order valence-corrected chi connectivity index (χ3v) is 3.60. The minimum Gasteiger partial charge on any atom is -0.324 e. The summed E-state index contributed by atoms with van der Waals surface area (Å²) in [6, 6.07) is 16.2. The minimum absolute atomic E-state index is 0.0846. The average Bonchev–Trinajstić information content (AvgIpc) is 2.63. The van der Waals surface area contributed by atoms with Crippen molar-refractivity contribution < 1.29 is 4.92 Å². The Labute approximate surface area is 139 Å². The highest BCUT2D eigenvalue weighted by molar-refractivity contribution is 5.68. The van der Waals surface area contributed by atoms with Crippen molar-refractivity contribution in [1.82, 2.24) is 0 Å². The number of nitro benzene ring substituents is 1. The van der Waals surface area contributed by atoms with E-state index in [4.69, 9.17) is 0 Å². The van der Waals surface area contributed by atoms with Gasteiger partial charge in [-0.15, -0.1) is 0 Å². The van der Waals surface area contributed by atoms with Gasteiger partial charge in [0, 0.05) is 30.2 Å². The number of nitriles is 1. The van der Waals surface area contributed by atoms with Crippen LogP contribution in [-0.4, -0.2) is 4.92 Å². The van der Waals surface area contributed by atoms with Crippen LogP contribution in [0, 0.1) is 21.4 Å². The largest absolute Gasteiger partial charge is 0.324 e. The molecule has 0 aromatic heterocycles. The molecule has 1 heterocycles. The molecule has 5 nitrogen and oxygen atoms in total. The fraction of sp³-hybridized carbons (Fsp3) is 0. The number of anilines is 1. The minimum atomic E-state index is -0.504. The number of nitro groups is 1. The van der Waals surface area contributed by atoms with Gasteiger partial charge in [-0.05, 0) is 47.6 Å². The first-order valence-corrected chi connectivity index (χ1v) is 7.27. The Hall–Kier alpha value is -3.65. The van der Waals surface area contributed by atoms with Crippen LogP contribution in [0.25, 0.3) is 6.08 Å². The van der Waals surface area contributed by atoms with Gasteiger partial charge in [0.15, 0.2) is 0 Å².